The monoisotopic (exact) mass is 366 g/mol. The Morgan fingerprint density at radius 2 is 1.92 bits per heavy atom. The maximum absolute atomic E-state index is 11.8. The molecule has 2 rings (SSSR count). The second-order valence-corrected chi connectivity index (χ2v) is 6.48. The number of para-hydroxylation sites is 1. The van der Waals surface area contributed by atoms with Crippen LogP contribution in [0.5, 0.6) is 0 Å². The fraction of sp³-hybridized carbons (Fsp3) is 0.188. The van der Waals surface area contributed by atoms with Gasteiger partial charge in [-0.2, -0.15) is 0 Å². The van der Waals surface area contributed by atoms with Crippen molar-refractivity contribution in [3.05, 3.63) is 51.2 Å². The van der Waals surface area contributed by atoms with E-state index in [0.717, 1.165) is 4.88 Å². The van der Waals surface area contributed by atoms with Gasteiger partial charge in [0.15, 0.2) is 6.61 Å². The van der Waals surface area contributed by atoms with Gasteiger partial charge in [0.1, 0.15) is 6.54 Å². The van der Waals surface area contributed by atoms with E-state index in [1.165, 1.54) is 11.3 Å². The molecule has 1 heterocycles. The predicted octanol–water partition coefficient (Wildman–Crippen LogP) is 2.62. The van der Waals surface area contributed by atoms with E-state index in [-0.39, 0.29) is 12.5 Å². The molecule has 24 heavy (non-hydrogen) atoms. The number of anilines is 1. The first kappa shape index (κ1) is 18.0. The van der Waals surface area contributed by atoms with Gasteiger partial charge in [-0.05, 0) is 31.2 Å². The third-order valence-corrected chi connectivity index (χ3v) is 4.20. The second-order valence-electron chi connectivity index (χ2n) is 4.78. The molecule has 0 spiro atoms. The molecule has 8 heteroatoms. The molecule has 2 amide bonds. The average molecular weight is 367 g/mol. The Balaban J connectivity index is 1.72. The minimum absolute atomic E-state index is 0.310. The van der Waals surface area contributed by atoms with Gasteiger partial charge in [0.2, 0.25) is 0 Å². The van der Waals surface area contributed by atoms with Crippen LogP contribution in [0.2, 0.25) is 5.02 Å². The molecule has 1 aromatic heterocycles. The van der Waals surface area contributed by atoms with E-state index in [9.17, 15) is 14.4 Å². The summed E-state index contributed by atoms with van der Waals surface area (Å²) in [6.07, 6.45) is 0. The topological polar surface area (TPSA) is 84.5 Å². The van der Waals surface area contributed by atoms with Crippen LogP contribution < -0.4 is 10.6 Å². The maximum Gasteiger partial charge on any atom is 0.325 e. The Labute approximate surface area is 147 Å². The van der Waals surface area contributed by atoms with Crippen LogP contribution in [-0.2, 0) is 14.3 Å². The summed E-state index contributed by atoms with van der Waals surface area (Å²) < 4.78 is 4.80. The van der Waals surface area contributed by atoms with Crippen LogP contribution in [0.3, 0.4) is 0 Å². The lowest BCUT2D eigenvalue weighted by Gasteiger charge is -2.08. The molecule has 2 N–H and O–H groups in total. The summed E-state index contributed by atoms with van der Waals surface area (Å²) in [4.78, 5) is 36.6. The van der Waals surface area contributed by atoms with Crippen LogP contribution in [0.4, 0.5) is 5.69 Å². The van der Waals surface area contributed by atoms with Crippen LogP contribution >= 0.6 is 22.9 Å². The van der Waals surface area contributed by atoms with E-state index in [0.29, 0.717) is 15.6 Å². The Kier molecular flexibility index (Phi) is 6.34. The number of esters is 1. The highest BCUT2D eigenvalue weighted by Crippen LogP contribution is 2.20. The van der Waals surface area contributed by atoms with Gasteiger partial charge in [0.05, 0.1) is 15.6 Å². The standard InChI is InChI=1S/C16H15ClN2O4S/c1-10-6-7-13(24-10)16(22)18-8-15(21)23-9-14(20)19-12-5-3-2-4-11(12)17/h2-7H,8-9H2,1H3,(H,18,22)(H,19,20). The molecule has 0 aliphatic heterocycles. The smallest absolute Gasteiger partial charge is 0.325 e. The molecule has 0 radical (unpaired) electrons. The van der Waals surface area contributed by atoms with Crippen molar-refractivity contribution in [2.24, 2.45) is 0 Å². The fourth-order valence-corrected chi connectivity index (χ4v) is 2.71. The number of thiophene rings is 1. The van der Waals surface area contributed by atoms with Gasteiger partial charge in [-0.3, -0.25) is 14.4 Å². The molecule has 0 aliphatic rings. The summed E-state index contributed by atoms with van der Waals surface area (Å²) in [5, 5.41) is 5.35. The lowest BCUT2D eigenvalue weighted by Crippen LogP contribution is -2.31. The van der Waals surface area contributed by atoms with Crippen LogP contribution in [0.1, 0.15) is 14.5 Å². The summed E-state index contributed by atoms with van der Waals surface area (Å²) in [5.41, 5.74) is 0.432. The number of amides is 2. The van der Waals surface area contributed by atoms with Crippen molar-refractivity contribution >= 4 is 46.4 Å². The van der Waals surface area contributed by atoms with Crippen molar-refractivity contribution in [1.29, 1.82) is 0 Å². The zero-order chi connectivity index (χ0) is 17.5. The van der Waals surface area contributed by atoms with Gasteiger partial charge < -0.3 is 15.4 Å². The summed E-state index contributed by atoms with van der Waals surface area (Å²) in [6, 6.07) is 10.2. The van der Waals surface area contributed by atoms with E-state index in [1.807, 2.05) is 13.0 Å². The highest BCUT2D eigenvalue weighted by atomic mass is 35.5. The Morgan fingerprint density at radius 3 is 2.58 bits per heavy atom. The Hall–Kier alpha value is -2.38. The number of halogens is 1. The highest BCUT2D eigenvalue weighted by molar-refractivity contribution is 7.13. The molecule has 0 fully saturated rings. The van der Waals surface area contributed by atoms with Crippen LogP contribution in [0.25, 0.3) is 0 Å². The third kappa shape index (κ3) is 5.36. The molecule has 0 saturated heterocycles. The van der Waals surface area contributed by atoms with Gasteiger partial charge in [-0.25, -0.2) is 0 Å². The van der Waals surface area contributed by atoms with Crippen LogP contribution in [0.15, 0.2) is 36.4 Å². The molecule has 1 aromatic carbocycles. The quantitative estimate of drug-likeness (QED) is 0.770. The zero-order valence-corrected chi connectivity index (χ0v) is 14.4. The van der Waals surface area contributed by atoms with Crippen LogP contribution in [-0.4, -0.2) is 30.9 Å². The van der Waals surface area contributed by atoms with Crippen molar-refractivity contribution in [3.63, 3.8) is 0 Å². The number of benzene rings is 1. The zero-order valence-electron chi connectivity index (χ0n) is 12.8. The normalized spacial score (nSPS) is 10.1. The number of carbonyl (C=O) groups is 3. The summed E-state index contributed by atoms with van der Waals surface area (Å²) in [6.45, 7) is 1.11. The molecule has 0 atom stereocenters. The van der Waals surface area contributed by atoms with E-state index in [1.54, 1.807) is 30.3 Å². The molecular weight excluding hydrogens is 352 g/mol. The van der Waals surface area contributed by atoms with Gasteiger partial charge in [-0.15, -0.1) is 11.3 Å². The van der Waals surface area contributed by atoms with Crippen molar-refractivity contribution in [2.75, 3.05) is 18.5 Å². The lowest BCUT2D eigenvalue weighted by molar-refractivity contribution is -0.146. The number of ether oxygens (including phenoxy) is 1. The first-order chi connectivity index (χ1) is 11.5. The Bertz CT molecular complexity index is 760. The van der Waals surface area contributed by atoms with Crippen molar-refractivity contribution in [3.8, 4) is 0 Å². The summed E-state index contributed by atoms with van der Waals surface area (Å²) in [5.74, 6) is -1.58. The van der Waals surface area contributed by atoms with Crippen molar-refractivity contribution in [1.82, 2.24) is 5.32 Å². The van der Waals surface area contributed by atoms with E-state index < -0.39 is 18.5 Å². The van der Waals surface area contributed by atoms with E-state index in [4.69, 9.17) is 16.3 Å². The molecule has 126 valence electrons. The number of hydrogen-bond acceptors (Lipinski definition) is 5. The summed E-state index contributed by atoms with van der Waals surface area (Å²) in [7, 11) is 0. The number of carbonyl (C=O) groups excluding carboxylic acids is 3. The highest BCUT2D eigenvalue weighted by Gasteiger charge is 2.12. The van der Waals surface area contributed by atoms with Gasteiger partial charge in [0.25, 0.3) is 11.8 Å². The fourth-order valence-electron chi connectivity index (χ4n) is 1.74. The van der Waals surface area contributed by atoms with Gasteiger partial charge in [-0.1, -0.05) is 23.7 Å². The van der Waals surface area contributed by atoms with Gasteiger partial charge in [0, 0.05) is 4.88 Å². The second kappa shape index (κ2) is 8.47. The maximum atomic E-state index is 11.8. The molecule has 0 unspecified atom stereocenters. The number of hydrogen-bond donors (Lipinski definition) is 2. The van der Waals surface area contributed by atoms with Crippen molar-refractivity contribution in [2.45, 2.75) is 6.92 Å². The Morgan fingerprint density at radius 1 is 1.17 bits per heavy atom. The largest absolute Gasteiger partial charge is 0.454 e. The molecule has 0 saturated carbocycles. The molecule has 0 bridgehead atoms. The van der Waals surface area contributed by atoms with Crippen LogP contribution in [0, 0.1) is 6.92 Å². The number of nitrogens with one attached hydrogen (secondary N) is 2. The number of rotatable bonds is 6. The van der Waals surface area contributed by atoms with Crippen molar-refractivity contribution < 1.29 is 19.1 Å². The molecule has 2 aromatic rings. The number of aryl methyl sites for hydroxylation is 1. The molecular formula is C16H15ClN2O4S. The molecule has 6 nitrogen and oxygen atoms in total. The lowest BCUT2D eigenvalue weighted by atomic mass is 10.3. The SMILES string of the molecule is Cc1ccc(C(=O)NCC(=O)OCC(=O)Nc2ccccc2Cl)s1. The summed E-state index contributed by atoms with van der Waals surface area (Å²) >= 11 is 7.23. The van der Waals surface area contributed by atoms with E-state index in [2.05, 4.69) is 10.6 Å². The predicted molar refractivity (Wildman–Crippen MR) is 92.4 cm³/mol. The minimum atomic E-state index is -0.703. The minimum Gasteiger partial charge on any atom is -0.454 e. The third-order valence-electron chi connectivity index (χ3n) is 2.87. The first-order valence-corrected chi connectivity index (χ1v) is 8.20. The average Bonchev–Trinajstić information content (AvgIpc) is 2.99. The molecule has 0 aliphatic carbocycles. The van der Waals surface area contributed by atoms with E-state index >= 15 is 0 Å². The first-order valence-electron chi connectivity index (χ1n) is 7.00. The van der Waals surface area contributed by atoms with Gasteiger partial charge >= 0.3 is 5.97 Å².